The predicted molar refractivity (Wildman–Crippen MR) is 87.0 cm³/mol. The van der Waals surface area contributed by atoms with Crippen LogP contribution in [0.25, 0.3) is 0 Å². The van der Waals surface area contributed by atoms with Crippen molar-refractivity contribution in [2.75, 3.05) is 0 Å². The molecule has 0 bridgehead atoms. The van der Waals surface area contributed by atoms with Gasteiger partial charge in [-0.1, -0.05) is 48.5 Å². The molecule has 1 amide bonds. The smallest absolute Gasteiger partial charge is 0.224 e. The van der Waals surface area contributed by atoms with E-state index in [-0.39, 0.29) is 17.3 Å². The summed E-state index contributed by atoms with van der Waals surface area (Å²) in [6.45, 7) is 2.12. The minimum absolute atomic E-state index is 0.127. The number of nitrogens with zero attached hydrogens (tertiary/aromatic N) is 1. The van der Waals surface area contributed by atoms with Crippen LogP contribution < -0.4 is 0 Å². The van der Waals surface area contributed by atoms with Gasteiger partial charge in [-0.2, -0.15) is 0 Å². The van der Waals surface area contributed by atoms with Gasteiger partial charge in [-0.05, 0) is 31.0 Å². The van der Waals surface area contributed by atoms with Gasteiger partial charge in [0.1, 0.15) is 0 Å². The van der Waals surface area contributed by atoms with Crippen LogP contribution >= 0.6 is 11.8 Å². The van der Waals surface area contributed by atoms with Crippen LogP contribution in [0.5, 0.6) is 0 Å². The molecule has 0 aromatic heterocycles. The summed E-state index contributed by atoms with van der Waals surface area (Å²) in [7, 11) is 0. The number of amides is 1. The molecule has 1 aliphatic heterocycles. The second-order valence-electron chi connectivity index (χ2n) is 5.31. The lowest BCUT2D eigenvalue weighted by Gasteiger charge is -2.31. The summed E-state index contributed by atoms with van der Waals surface area (Å²) in [5.41, 5.74) is 1.20. The molecule has 1 fully saturated rings. The average Bonchev–Trinajstić information content (AvgIpc) is 2.89. The standard InChI is InChI=1S/C18H19NOS/c1-14(15-8-4-2-5-9-15)19-17(20)12-13-18(19)21-16-10-6-3-7-11-16/h2-11,14,18H,12-13H2,1H3/t14-,18?/m0/s1. The van der Waals surface area contributed by atoms with Gasteiger partial charge in [0.25, 0.3) is 0 Å². The fourth-order valence-corrected chi connectivity index (χ4v) is 4.08. The van der Waals surface area contributed by atoms with Crippen LogP contribution in [-0.2, 0) is 4.79 Å². The highest BCUT2D eigenvalue weighted by Crippen LogP contribution is 2.38. The lowest BCUT2D eigenvalue weighted by molar-refractivity contribution is -0.129. The predicted octanol–water partition coefficient (Wildman–Crippen LogP) is 4.49. The van der Waals surface area contributed by atoms with Gasteiger partial charge in [0.15, 0.2) is 0 Å². The Balaban J connectivity index is 1.80. The molecule has 2 aromatic carbocycles. The third kappa shape index (κ3) is 3.13. The first-order valence-electron chi connectivity index (χ1n) is 7.33. The summed E-state index contributed by atoms with van der Waals surface area (Å²) in [5, 5.41) is 0.232. The molecular formula is C18H19NOS. The van der Waals surface area contributed by atoms with Gasteiger partial charge in [-0.3, -0.25) is 4.79 Å². The zero-order chi connectivity index (χ0) is 14.7. The Kier molecular flexibility index (Phi) is 4.30. The van der Waals surface area contributed by atoms with E-state index in [2.05, 4.69) is 31.2 Å². The first-order valence-corrected chi connectivity index (χ1v) is 8.21. The van der Waals surface area contributed by atoms with Crippen molar-refractivity contribution in [3.63, 3.8) is 0 Å². The van der Waals surface area contributed by atoms with Crippen LogP contribution in [0, 0.1) is 0 Å². The minimum Gasteiger partial charge on any atom is -0.324 e. The third-order valence-corrected chi connectivity index (χ3v) is 5.20. The van der Waals surface area contributed by atoms with Crippen molar-refractivity contribution in [2.24, 2.45) is 0 Å². The number of benzene rings is 2. The molecule has 2 aromatic rings. The molecule has 0 spiro atoms. The lowest BCUT2D eigenvalue weighted by atomic mass is 10.1. The van der Waals surface area contributed by atoms with Crippen molar-refractivity contribution in [1.29, 1.82) is 0 Å². The Morgan fingerprint density at radius 2 is 1.67 bits per heavy atom. The van der Waals surface area contributed by atoms with E-state index in [1.807, 2.05) is 41.3 Å². The molecule has 3 rings (SSSR count). The van der Waals surface area contributed by atoms with E-state index < -0.39 is 0 Å². The van der Waals surface area contributed by atoms with Crippen LogP contribution in [-0.4, -0.2) is 16.2 Å². The van der Waals surface area contributed by atoms with Gasteiger partial charge < -0.3 is 4.90 Å². The van der Waals surface area contributed by atoms with Crippen LogP contribution in [0.15, 0.2) is 65.6 Å². The molecule has 1 unspecified atom stereocenters. The summed E-state index contributed by atoms with van der Waals surface area (Å²) in [6, 6.07) is 20.7. The molecule has 2 atom stereocenters. The maximum absolute atomic E-state index is 12.3. The summed E-state index contributed by atoms with van der Waals surface area (Å²) in [4.78, 5) is 15.6. The zero-order valence-corrected chi connectivity index (χ0v) is 12.9. The van der Waals surface area contributed by atoms with Crippen LogP contribution in [0.3, 0.4) is 0 Å². The molecule has 1 saturated heterocycles. The normalized spacial score (nSPS) is 19.8. The van der Waals surface area contributed by atoms with Gasteiger partial charge in [-0.15, -0.1) is 11.8 Å². The molecule has 1 aliphatic rings. The highest BCUT2D eigenvalue weighted by molar-refractivity contribution is 8.00. The molecule has 21 heavy (non-hydrogen) atoms. The molecule has 0 N–H and O–H groups in total. The van der Waals surface area contributed by atoms with Crippen LogP contribution in [0.1, 0.15) is 31.4 Å². The minimum atomic E-state index is 0.127. The molecule has 108 valence electrons. The summed E-state index contributed by atoms with van der Waals surface area (Å²) >= 11 is 1.79. The summed E-state index contributed by atoms with van der Waals surface area (Å²) in [6.07, 6.45) is 1.58. The second-order valence-corrected chi connectivity index (χ2v) is 6.56. The van der Waals surface area contributed by atoms with E-state index in [0.29, 0.717) is 6.42 Å². The summed E-state index contributed by atoms with van der Waals surface area (Å²) in [5.74, 6) is 0.264. The van der Waals surface area contributed by atoms with E-state index in [1.54, 1.807) is 11.8 Å². The third-order valence-electron chi connectivity index (χ3n) is 3.92. The first kappa shape index (κ1) is 14.2. The summed E-state index contributed by atoms with van der Waals surface area (Å²) < 4.78 is 0. The number of carbonyl (C=O) groups is 1. The van der Waals surface area contributed by atoms with E-state index in [0.717, 1.165) is 6.42 Å². The van der Waals surface area contributed by atoms with Gasteiger partial charge in [0, 0.05) is 11.3 Å². The maximum Gasteiger partial charge on any atom is 0.224 e. The highest BCUT2D eigenvalue weighted by Gasteiger charge is 2.35. The van der Waals surface area contributed by atoms with Crippen molar-refractivity contribution in [3.05, 3.63) is 66.2 Å². The molecule has 0 saturated carbocycles. The van der Waals surface area contributed by atoms with Gasteiger partial charge >= 0.3 is 0 Å². The Morgan fingerprint density at radius 3 is 2.33 bits per heavy atom. The second kappa shape index (κ2) is 6.35. The van der Waals surface area contributed by atoms with Crippen molar-refractivity contribution in [2.45, 2.75) is 36.1 Å². The molecule has 0 radical (unpaired) electrons. The highest BCUT2D eigenvalue weighted by atomic mass is 32.2. The quantitative estimate of drug-likeness (QED) is 0.829. The van der Waals surface area contributed by atoms with Gasteiger partial charge in [0.05, 0.1) is 11.4 Å². The first-order chi connectivity index (χ1) is 10.3. The van der Waals surface area contributed by atoms with Crippen molar-refractivity contribution in [3.8, 4) is 0 Å². The maximum atomic E-state index is 12.3. The molecule has 2 nitrogen and oxygen atoms in total. The Hall–Kier alpha value is -1.74. The van der Waals surface area contributed by atoms with E-state index in [4.69, 9.17) is 0 Å². The molecular weight excluding hydrogens is 278 g/mol. The van der Waals surface area contributed by atoms with Crippen molar-refractivity contribution in [1.82, 2.24) is 4.90 Å². The Bertz CT molecular complexity index is 599. The molecule has 3 heteroatoms. The van der Waals surface area contributed by atoms with Gasteiger partial charge in [-0.25, -0.2) is 0 Å². The fourth-order valence-electron chi connectivity index (χ4n) is 2.81. The number of likely N-dealkylation sites (tertiary alicyclic amines) is 1. The fraction of sp³-hybridized carbons (Fsp3) is 0.278. The monoisotopic (exact) mass is 297 g/mol. The number of thioether (sulfide) groups is 1. The van der Waals surface area contributed by atoms with E-state index >= 15 is 0 Å². The molecule has 0 aliphatic carbocycles. The number of hydrogen-bond acceptors (Lipinski definition) is 2. The lowest BCUT2D eigenvalue weighted by Crippen LogP contribution is -2.33. The topological polar surface area (TPSA) is 20.3 Å². The van der Waals surface area contributed by atoms with Crippen LogP contribution in [0.4, 0.5) is 0 Å². The largest absolute Gasteiger partial charge is 0.324 e. The number of rotatable bonds is 4. The Labute approximate surface area is 130 Å². The van der Waals surface area contributed by atoms with Gasteiger partial charge in [0.2, 0.25) is 5.91 Å². The van der Waals surface area contributed by atoms with E-state index in [9.17, 15) is 4.79 Å². The van der Waals surface area contributed by atoms with Crippen molar-refractivity contribution >= 4 is 17.7 Å². The van der Waals surface area contributed by atoms with Crippen molar-refractivity contribution < 1.29 is 4.79 Å². The SMILES string of the molecule is C[C@@H](c1ccccc1)N1C(=O)CCC1Sc1ccccc1. The van der Waals surface area contributed by atoms with E-state index in [1.165, 1.54) is 10.5 Å². The molecule has 1 heterocycles. The van der Waals surface area contributed by atoms with Crippen LogP contribution in [0.2, 0.25) is 0 Å². The number of hydrogen-bond donors (Lipinski definition) is 0. The number of carbonyl (C=O) groups excluding carboxylic acids is 1. The zero-order valence-electron chi connectivity index (χ0n) is 12.1. The Morgan fingerprint density at radius 1 is 1.05 bits per heavy atom. The average molecular weight is 297 g/mol.